The normalized spacial score (nSPS) is 11.2. The molecule has 0 unspecified atom stereocenters. The molecule has 94 valence electrons. The van der Waals surface area contributed by atoms with Crippen LogP contribution in [0.1, 0.15) is 9.67 Å². The number of carbonyl (C=O) groups excluding carboxylic acids is 1. The summed E-state index contributed by atoms with van der Waals surface area (Å²) in [5.74, 6) is -0.214. The third-order valence-corrected chi connectivity index (χ3v) is 3.86. The van der Waals surface area contributed by atoms with E-state index in [1.165, 1.54) is 35.6 Å². The molecule has 1 heterocycles. The van der Waals surface area contributed by atoms with Gasteiger partial charge in [-0.15, -0.1) is 11.3 Å². The zero-order valence-corrected chi connectivity index (χ0v) is 10.7. The van der Waals surface area contributed by atoms with Crippen molar-refractivity contribution in [1.29, 1.82) is 0 Å². The van der Waals surface area contributed by atoms with Crippen molar-refractivity contribution in [2.75, 3.05) is 0 Å². The summed E-state index contributed by atoms with van der Waals surface area (Å²) in [5, 5.41) is 6.72. The molecule has 0 atom stereocenters. The van der Waals surface area contributed by atoms with Gasteiger partial charge in [-0.1, -0.05) is 6.07 Å². The number of hydrogen-bond acceptors (Lipinski definition) is 5. The maximum atomic E-state index is 11.6. The minimum atomic E-state index is -3.73. The van der Waals surface area contributed by atoms with Crippen LogP contribution >= 0.6 is 11.3 Å². The highest BCUT2D eigenvalue weighted by molar-refractivity contribution is 7.89. The lowest BCUT2D eigenvalue weighted by Crippen LogP contribution is -2.12. The van der Waals surface area contributed by atoms with Crippen molar-refractivity contribution in [2.24, 2.45) is 5.14 Å². The summed E-state index contributed by atoms with van der Waals surface area (Å²) in [4.78, 5) is 12.1. The molecule has 0 aliphatic rings. The highest BCUT2D eigenvalue weighted by atomic mass is 32.2. The van der Waals surface area contributed by atoms with Gasteiger partial charge in [0.05, 0.1) is 4.90 Å². The molecule has 1 aromatic carbocycles. The van der Waals surface area contributed by atoms with Gasteiger partial charge in [-0.05, 0) is 35.7 Å². The number of rotatable bonds is 3. The fourth-order valence-corrected chi connectivity index (χ4v) is 2.36. The number of ether oxygens (including phenoxy) is 1. The standard InChI is InChI=1S/C11H9NO4S2/c12-18(14,15)9-5-3-8(4-6-9)16-11(13)10-2-1-7-17-10/h1-7H,(H2,12,14,15). The summed E-state index contributed by atoms with van der Waals surface area (Å²) >= 11 is 1.27. The molecule has 7 heteroatoms. The Morgan fingerprint density at radius 2 is 1.83 bits per heavy atom. The van der Waals surface area contributed by atoms with E-state index in [0.717, 1.165) is 0 Å². The molecule has 18 heavy (non-hydrogen) atoms. The Labute approximate surface area is 108 Å². The van der Waals surface area contributed by atoms with Crippen LogP contribution in [0.4, 0.5) is 0 Å². The number of hydrogen-bond donors (Lipinski definition) is 1. The molecule has 0 spiro atoms. The van der Waals surface area contributed by atoms with Gasteiger partial charge >= 0.3 is 5.97 Å². The smallest absolute Gasteiger partial charge is 0.353 e. The third-order valence-electron chi connectivity index (χ3n) is 2.09. The summed E-state index contributed by atoms with van der Waals surface area (Å²) in [6.07, 6.45) is 0. The molecule has 0 saturated carbocycles. The van der Waals surface area contributed by atoms with E-state index < -0.39 is 16.0 Å². The molecule has 5 nitrogen and oxygen atoms in total. The molecule has 0 aliphatic heterocycles. The average Bonchev–Trinajstić information content (AvgIpc) is 2.82. The van der Waals surface area contributed by atoms with Crippen LogP contribution in [0.5, 0.6) is 5.75 Å². The van der Waals surface area contributed by atoms with Crippen LogP contribution in [0, 0.1) is 0 Å². The van der Waals surface area contributed by atoms with Crippen molar-refractivity contribution >= 4 is 27.3 Å². The van der Waals surface area contributed by atoms with Gasteiger partial charge in [0.1, 0.15) is 10.6 Å². The predicted octanol–water partition coefficient (Wildman–Crippen LogP) is 1.61. The highest BCUT2D eigenvalue weighted by Gasteiger charge is 2.11. The second-order valence-electron chi connectivity index (χ2n) is 3.38. The van der Waals surface area contributed by atoms with Gasteiger partial charge < -0.3 is 4.74 Å². The van der Waals surface area contributed by atoms with Crippen molar-refractivity contribution in [2.45, 2.75) is 4.90 Å². The Morgan fingerprint density at radius 3 is 2.33 bits per heavy atom. The maximum absolute atomic E-state index is 11.6. The highest BCUT2D eigenvalue weighted by Crippen LogP contribution is 2.17. The molecule has 2 aromatic rings. The molecule has 0 amide bonds. The van der Waals surface area contributed by atoms with Crippen LogP contribution in [0.2, 0.25) is 0 Å². The van der Waals surface area contributed by atoms with Gasteiger partial charge in [-0.2, -0.15) is 0 Å². The average molecular weight is 283 g/mol. The van der Waals surface area contributed by atoms with Crippen LogP contribution in [-0.4, -0.2) is 14.4 Å². The number of carbonyl (C=O) groups is 1. The Balaban J connectivity index is 2.14. The van der Waals surface area contributed by atoms with Crippen LogP contribution < -0.4 is 9.88 Å². The van der Waals surface area contributed by atoms with Crippen molar-refractivity contribution < 1.29 is 17.9 Å². The minimum Gasteiger partial charge on any atom is -0.422 e. The van der Waals surface area contributed by atoms with E-state index in [9.17, 15) is 13.2 Å². The molecule has 0 saturated heterocycles. The van der Waals surface area contributed by atoms with Crippen LogP contribution in [0.3, 0.4) is 0 Å². The van der Waals surface area contributed by atoms with Crippen molar-refractivity contribution in [3.63, 3.8) is 0 Å². The van der Waals surface area contributed by atoms with Crippen LogP contribution in [0.15, 0.2) is 46.7 Å². The lowest BCUT2D eigenvalue weighted by molar-refractivity contribution is 0.0740. The number of sulfonamides is 1. The summed E-state index contributed by atoms with van der Waals surface area (Å²) in [7, 11) is -3.73. The number of benzene rings is 1. The maximum Gasteiger partial charge on any atom is 0.353 e. The SMILES string of the molecule is NS(=O)(=O)c1ccc(OC(=O)c2cccs2)cc1. The summed E-state index contributed by atoms with van der Waals surface area (Å²) in [6.45, 7) is 0. The summed E-state index contributed by atoms with van der Waals surface area (Å²) in [6, 6.07) is 8.71. The molecule has 0 radical (unpaired) electrons. The number of nitrogens with two attached hydrogens (primary N) is 1. The van der Waals surface area contributed by atoms with E-state index in [0.29, 0.717) is 4.88 Å². The van der Waals surface area contributed by atoms with E-state index in [-0.39, 0.29) is 10.6 Å². The van der Waals surface area contributed by atoms with Gasteiger partial charge in [0.2, 0.25) is 10.0 Å². The van der Waals surface area contributed by atoms with Gasteiger partial charge in [0, 0.05) is 0 Å². The van der Waals surface area contributed by atoms with Crippen molar-refractivity contribution in [3.8, 4) is 5.75 Å². The lowest BCUT2D eigenvalue weighted by atomic mass is 10.3. The first-order chi connectivity index (χ1) is 8.47. The number of thiophene rings is 1. The molecule has 0 aliphatic carbocycles. The zero-order chi connectivity index (χ0) is 13.2. The predicted molar refractivity (Wildman–Crippen MR) is 67.1 cm³/mol. The molecule has 0 bridgehead atoms. The molecular formula is C11H9NO4S2. The van der Waals surface area contributed by atoms with E-state index in [1.54, 1.807) is 17.5 Å². The molecule has 2 rings (SSSR count). The van der Waals surface area contributed by atoms with Gasteiger partial charge in [0.25, 0.3) is 0 Å². The monoisotopic (exact) mass is 283 g/mol. The van der Waals surface area contributed by atoms with Gasteiger partial charge in [0.15, 0.2) is 0 Å². The Bertz CT molecular complexity index is 645. The fraction of sp³-hybridized carbons (Fsp3) is 0. The Kier molecular flexibility index (Phi) is 3.46. The van der Waals surface area contributed by atoms with Crippen molar-refractivity contribution in [1.82, 2.24) is 0 Å². The second-order valence-corrected chi connectivity index (χ2v) is 5.89. The number of esters is 1. The van der Waals surface area contributed by atoms with Gasteiger partial charge in [-0.3, -0.25) is 0 Å². The zero-order valence-electron chi connectivity index (χ0n) is 9.07. The van der Waals surface area contributed by atoms with Crippen LogP contribution in [-0.2, 0) is 10.0 Å². The Hall–Kier alpha value is -1.70. The van der Waals surface area contributed by atoms with Crippen LogP contribution in [0.25, 0.3) is 0 Å². The summed E-state index contributed by atoms with van der Waals surface area (Å²) < 4.78 is 27.1. The molecular weight excluding hydrogens is 274 g/mol. The third kappa shape index (κ3) is 2.95. The Morgan fingerprint density at radius 1 is 1.17 bits per heavy atom. The van der Waals surface area contributed by atoms with Crippen molar-refractivity contribution in [3.05, 3.63) is 46.7 Å². The fourth-order valence-electron chi connectivity index (χ4n) is 1.25. The molecule has 0 fully saturated rings. The van der Waals surface area contributed by atoms with E-state index in [1.807, 2.05) is 0 Å². The minimum absolute atomic E-state index is 0.0292. The van der Waals surface area contributed by atoms with E-state index in [4.69, 9.17) is 9.88 Å². The second kappa shape index (κ2) is 4.89. The van der Waals surface area contributed by atoms with E-state index in [2.05, 4.69) is 0 Å². The topological polar surface area (TPSA) is 86.5 Å². The largest absolute Gasteiger partial charge is 0.422 e. The number of primary sulfonamides is 1. The first-order valence-corrected chi connectivity index (χ1v) is 7.28. The molecule has 2 N–H and O–H groups in total. The molecule has 1 aromatic heterocycles. The summed E-state index contributed by atoms with van der Waals surface area (Å²) in [5.41, 5.74) is 0. The first kappa shape index (κ1) is 12.7. The van der Waals surface area contributed by atoms with Gasteiger partial charge in [-0.25, -0.2) is 18.4 Å². The van der Waals surface area contributed by atoms with E-state index >= 15 is 0 Å². The lowest BCUT2D eigenvalue weighted by Gasteiger charge is -2.03. The first-order valence-electron chi connectivity index (χ1n) is 4.85. The quantitative estimate of drug-likeness (QED) is 0.685.